The number of carbonyl (C=O) groups excluding carboxylic acids is 3. The van der Waals surface area contributed by atoms with Gasteiger partial charge in [-0.1, -0.05) is 41.6 Å². The number of rotatable bonds is 11. The molecule has 4 N–H and O–H groups in total. The summed E-state index contributed by atoms with van der Waals surface area (Å²) in [4.78, 5) is 47.7. The summed E-state index contributed by atoms with van der Waals surface area (Å²) in [7, 11) is -4.11. The zero-order valence-corrected chi connectivity index (χ0v) is 30.6. The molecule has 5 rings (SSSR count). The molecule has 1 unspecified atom stereocenters. The van der Waals surface area contributed by atoms with E-state index in [1.807, 2.05) is 51.1 Å². The van der Waals surface area contributed by atoms with Crippen molar-refractivity contribution in [2.75, 3.05) is 18.4 Å². The van der Waals surface area contributed by atoms with Crippen molar-refractivity contribution in [1.82, 2.24) is 14.6 Å². The number of fused-ring (bicyclic) bond motifs is 1. The number of nitrogens with zero attached hydrogens (tertiary/aromatic N) is 3. The van der Waals surface area contributed by atoms with Crippen LogP contribution in [-0.4, -0.2) is 60.8 Å². The molecular weight excluding hydrogens is 693 g/mol. The quantitative estimate of drug-likeness (QED) is 0.0752. The fourth-order valence-electron chi connectivity index (χ4n) is 5.59. The molecule has 2 amide bonds. The maximum Gasteiger partial charge on any atom is 0.410 e. The Labute approximate surface area is 301 Å². The largest absolute Gasteiger partial charge is 0.444 e. The van der Waals surface area contributed by atoms with Gasteiger partial charge in [-0.25, -0.2) is 27.7 Å². The molecule has 1 aliphatic rings. The van der Waals surface area contributed by atoms with E-state index >= 15 is 0 Å². The minimum atomic E-state index is -4.11. The van der Waals surface area contributed by atoms with E-state index in [2.05, 4.69) is 20.0 Å². The standard InChI is InChI=1S/C36H42N6O7S2/c1-23(43)49-40-33(37)26-10-7-9-25(19-26)20-30(34-39-29-13-5-6-14-31(29)50-34)41-51(46,47)28-12-8-11-27(22-28)38-32(44)21-24-15-17-42(18-16-24)35(45)48-36(2,3)4/h5-14,19,22,24,30,41H,15-18,20-21H2,1-4H3,(H2,37,40)(H,38,44). The molecule has 51 heavy (non-hydrogen) atoms. The monoisotopic (exact) mass is 734 g/mol. The number of hydrogen-bond donors (Lipinski definition) is 3. The molecule has 0 saturated carbocycles. The minimum Gasteiger partial charge on any atom is -0.444 e. The van der Waals surface area contributed by atoms with E-state index < -0.39 is 27.6 Å². The SMILES string of the molecule is CC(=O)ON=C(N)c1cccc(CC(NS(=O)(=O)c2cccc(NC(=O)CC3CCN(C(=O)OC(C)(C)C)CC3)c2)c2nc3ccccc3s2)c1. The summed E-state index contributed by atoms with van der Waals surface area (Å²) in [6, 6.07) is 19.9. The van der Waals surface area contributed by atoms with Gasteiger partial charge in [-0.3, -0.25) is 4.79 Å². The molecule has 1 fully saturated rings. The number of likely N-dealkylation sites (tertiary alicyclic amines) is 1. The molecule has 3 aromatic carbocycles. The summed E-state index contributed by atoms with van der Waals surface area (Å²) in [5.41, 5.74) is 7.77. The summed E-state index contributed by atoms with van der Waals surface area (Å²) in [5.74, 6) is -0.777. The number of sulfonamides is 1. The number of amides is 2. The lowest BCUT2D eigenvalue weighted by Crippen LogP contribution is -2.42. The Hall–Kier alpha value is -4.86. The summed E-state index contributed by atoms with van der Waals surface area (Å²) < 4.78 is 37.0. The van der Waals surface area contributed by atoms with E-state index in [0.29, 0.717) is 42.2 Å². The van der Waals surface area contributed by atoms with Crippen LogP contribution in [0.25, 0.3) is 10.2 Å². The molecule has 0 aliphatic carbocycles. The van der Waals surface area contributed by atoms with Crippen LogP contribution in [0.5, 0.6) is 0 Å². The highest BCUT2D eigenvalue weighted by molar-refractivity contribution is 7.89. The molecule has 1 aliphatic heterocycles. The van der Waals surface area contributed by atoms with E-state index in [0.717, 1.165) is 15.8 Å². The van der Waals surface area contributed by atoms with Gasteiger partial charge in [-0.2, -0.15) is 0 Å². The highest BCUT2D eigenvalue weighted by atomic mass is 32.2. The van der Waals surface area contributed by atoms with Crippen LogP contribution in [-0.2, 0) is 35.6 Å². The fourth-order valence-corrected chi connectivity index (χ4v) is 7.93. The van der Waals surface area contributed by atoms with Crippen molar-refractivity contribution in [1.29, 1.82) is 0 Å². The first kappa shape index (κ1) is 37.4. The van der Waals surface area contributed by atoms with Crippen molar-refractivity contribution in [3.05, 3.63) is 88.9 Å². The van der Waals surface area contributed by atoms with Gasteiger partial charge in [-0.15, -0.1) is 11.3 Å². The molecule has 0 radical (unpaired) electrons. The third-order valence-corrected chi connectivity index (χ3v) is 10.6. The third kappa shape index (κ3) is 10.6. The Bertz CT molecular complexity index is 2000. The molecule has 1 saturated heterocycles. The number of hydrogen-bond acceptors (Lipinski definition) is 10. The lowest BCUT2D eigenvalue weighted by atomic mass is 9.93. The summed E-state index contributed by atoms with van der Waals surface area (Å²) in [6.45, 7) is 7.69. The first-order valence-electron chi connectivity index (χ1n) is 16.5. The number of piperidine rings is 1. The molecule has 13 nitrogen and oxygen atoms in total. The number of nitrogens with one attached hydrogen (secondary N) is 2. The number of amidine groups is 1. The van der Waals surface area contributed by atoms with Crippen LogP contribution in [0, 0.1) is 5.92 Å². The second-order valence-electron chi connectivity index (χ2n) is 13.3. The Morgan fingerprint density at radius 1 is 1.04 bits per heavy atom. The van der Waals surface area contributed by atoms with Crippen LogP contribution >= 0.6 is 11.3 Å². The molecular formula is C36H42N6O7S2. The Morgan fingerprint density at radius 2 is 1.76 bits per heavy atom. The van der Waals surface area contributed by atoms with Crippen molar-refractivity contribution in [3.8, 4) is 0 Å². The minimum absolute atomic E-state index is 0.00529. The van der Waals surface area contributed by atoms with Crippen LogP contribution in [0.2, 0.25) is 0 Å². The Kier molecular flexibility index (Phi) is 11.7. The zero-order valence-electron chi connectivity index (χ0n) is 28.9. The topological polar surface area (TPSA) is 182 Å². The van der Waals surface area contributed by atoms with Crippen molar-refractivity contribution in [2.24, 2.45) is 16.8 Å². The molecule has 4 aromatic rings. The van der Waals surface area contributed by atoms with E-state index in [9.17, 15) is 22.8 Å². The van der Waals surface area contributed by atoms with Gasteiger partial charge in [0, 0.05) is 37.7 Å². The van der Waals surface area contributed by atoms with Crippen LogP contribution in [0.15, 0.2) is 82.8 Å². The summed E-state index contributed by atoms with van der Waals surface area (Å²) in [5, 5.41) is 7.06. The molecule has 2 heterocycles. The molecule has 1 atom stereocenters. The first-order valence-corrected chi connectivity index (χ1v) is 18.8. The molecule has 0 spiro atoms. The van der Waals surface area contributed by atoms with Gasteiger partial charge in [0.25, 0.3) is 0 Å². The van der Waals surface area contributed by atoms with Crippen molar-refractivity contribution >= 4 is 61.1 Å². The number of aromatic nitrogens is 1. The average molecular weight is 735 g/mol. The second kappa shape index (κ2) is 16.0. The number of para-hydroxylation sites is 1. The molecule has 0 bridgehead atoms. The normalized spacial score (nSPS) is 15.0. The number of ether oxygens (including phenoxy) is 1. The molecule has 15 heteroatoms. The molecule has 270 valence electrons. The first-order chi connectivity index (χ1) is 24.1. The Balaban J connectivity index is 1.29. The van der Waals surface area contributed by atoms with Crippen LogP contribution in [0.4, 0.5) is 10.5 Å². The van der Waals surface area contributed by atoms with Crippen LogP contribution < -0.4 is 15.8 Å². The molecule has 1 aromatic heterocycles. The Morgan fingerprint density at radius 3 is 2.47 bits per heavy atom. The lowest BCUT2D eigenvalue weighted by Gasteiger charge is -2.33. The fraction of sp³-hybridized carbons (Fsp3) is 0.361. The van der Waals surface area contributed by atoms with Gasteiger partial charge in [-0.05, 0) is 87.9 Å². The van der Waals surface area contributed by atoms with Gasteiger partial charge in [0.1, 0.15) is 10.6 Å². The van der Waals surface area contributed by atoms with E-state index in [4.69, 9.17) is 15.5 Å². The second-order valence-corrected chi connectivity index (χ2v) is 16.1. The number of nitrogens with two attached hydrogens (primary N) is 1. The average Bonchev–Trinajstić information content (AvgIpc) is 3.51. The highest BCUT2D eigenvalue weighted by Crippen LogP contribution is 2.30. The number of benzene rings is 3. The van der Waals surface area contributed by atoms with E-state index in [-0.39, 0.29) is 41.5 Å². The summed E-state index contributed by atoms with van der Waals surface area (Å²) >= 11 is 1.38. The van der Waals surface area contributed by atoms with Crippen molar-refractivity contribution < 1.29 is 32.4 Å². The predicted octanol–water partition coefficient (Wildman–Crippen LogP) is 5.72. The maximum atomic E-state index is 13.9. The number of oxime groups is 1. The van der Waals surface area contributed by atoms with Crippen LogP contribution in [0.1, 0.15) is 69.1 Å². The number of carbonyl (C=O) groups is 3. The van der Waals surface area contributed by atoms with Gasteiger partial charge in [0.15, 0.2) is 5.84 Å². The zero-order chi connectivity index (χ0) is 36.8. The highest BCUT2D eigenvalue weighted by Gasteiger charge is 2.29. The maximum absolute atomic E-state index is 13.9. The lowest BCUT2D eigenvalue weighted by molar-refractivity contribution is -0.141. The summed E-state index contributed by atoms with van der Waals surface area (Å²) in [6.07, 6.45) is 1.42. The number of thiazole rings is 1. The van der Waals surface area contributed by atoms with Crippen molar-refractivity contribution in [3.63, 3.8) is 0 Å². The number of anilines is 1. The predicted molar refractivity (Wildman–Crippen MR) is 196 cm³/mol. The smallest absolute Gasteiger partial charge is 0.410 e. The van der Waals surface area contributed by atoms with Gasteiger partial charge in [0.2, 0.25) is 15.9 Å². The van der Waals surface area contributed by atoms with E-state index in [1.165, 1.54) is 30.4 Å². The van der Waals surface area contributed by atoms with E-state index in [1.54, 1.807) is 35.2 Å². The van der Waals surface area contributed by atoms with Gasteiger partial charge in [0.05, 0.1) is 21.2 Å². The van der Waals surface area contributed by atoms with Gasteiger partial charge < -0.3 is 25.5 Å². The van der Waals surface area contributed by atoms with Gasteiger partial charge >= 0.3 is 12.1 Å². The van der Waals surface area contributed by atoms with Crippen molar-refractivity contribution in [2.45, 2.75) is 69.9 Å². The van der Waals surface area contributed by atoms with Crippen LogP contribution in [0.3, 0.4) is 0 Å². The third-order valence-electron chi connectivity index (χ3n) is 8.01.